The highest BCUT2D eigenvalue weighted by atomic mass is 79.9. The Balaban J connectivity index is 2.12. The molecule has 1 atom stereocenters. The summed E-state index contributed by atoms with van der Waals surface area (Å²) in [6.07, 6.45) is 0. The van der Waals surface area contributed by atoms with Crippen LogP contribution in [-0.2, 0) is 14.3 Å². The molecule has 1 aliphatic rings. The molecule has 0 saturated carbocycles. The van der Waals surface area contributed by atoms with Gasteiger partial charge in [-0.15, -0.1) is 0 Å². The molecule has 7 heteroatoms. The van der Waals surface area contributed by atoms with Gasteiger partial charge in [0.15, 0.2) is 0 Å². The molecule has 28 heavy (non-hydrogen) atoms. The van der Waals surface area contributed by atoms with Gasteiger partial charge >= 0.3 is 0 Å². The van der Waals surface area contributed by atoms with Gasteiger partial charge in [-0.2, -0.15) is 0 Å². The molecular weight excluding hydrogens is 426 g/mol. The van der Waals surface area contributed by atoms with Gasteiger partial charge < -0.3 is 19.5 Å². The Bertz CT molecular complexity index is 905. The molecule has 1 unspecified atom stereocenters. The van der Waals surface area contributed by atoms with E-state index in [1.165, 1.54) is 12.0 Å². The molecule has 1 N–H and O–H groups in total. The number of methoxy groups -OCH3 is 2. The molecule has 1 fully saturated rings. The highest BCUT2D eigenvalue weighted by molar-refractivity contribution is 9.10. The second-order valence-electron chi connectivity index (χ2n) is 6.27. The first-order valence-corrected chi connectivity index (χ1v) is 9.44. The predicted octanol–water partition coefficient (Wildman–Crippen LogP) is 3.53. The van der Waals surface area contributed by atoms with E-state index < -0.39 is 17.7 Å². The highest BCUT2D eigenvalue weighted by Crippen LogP contribution is 2.39. The van der Waals surface area contributed by atoms with Crippen molar-refractivity contribution in [2.24, 2.45) is 0 Å². The van der Waals surface area contributed by atoms with Gasteiger partial charge in [0.25, 0.3) is 11.7 Å². The first-order chi connectivity index (χ1) is 13.5. The third-order valence-corrected chi connectivity index (χ3v) is 5.15. The van der Waals surface area contributed by atoms with Crippen molar-refractivity contribution >= 4 is 33.4 Å². The van der Waals surface area contributed by atoms with Crippen LogP contribution in [0.3, 0.4) is 0 Å². The maximum Gasteiger partial charge on any atom is 0.295 e. The molecule has 0 aromatic heterocycles. The summed E-state index contributed by atoms with van der Waals surface area (Å²) in [6.45, 7) is 0.518. The summed E-state index contributed by atoms with van der Waals surface area (Å²) in [5.41, 5.74) is 1.23. The number of ketones is 1. The summed E-state index contributed by atoms with van der Waals surface area (Å²) in [5, 5.41) is 10.9. The van der Waals surface area contributed by atoms with Crippen LogP contribution < -0.4 is 4.74 Å². The fraction of sp³-hybridized carbons (Fsp3) is 0.238. The molecule has 1 saturated heterocycles. The number of likely N-dealkylation sites (tertiary alicyclic amines) is 1. The van der Waals surface area contributed by atoms with Crippen molar-refractivity contribution < 1.29 is 24.2 Å². The minimum absolute atomic E-state index is 0.0635. The molecule has 1 heterocycles. The van der Waals surface area contributed by atoms with Gasteiger partial charge in [-0.3, -0.25) is 9.59 Å². The number of benzene rings is 2. The minimum Gasteiger partial charge on any atom is -0.507 e. The molecule has 0 bridgehead atoms. The number of carbonyl (C=O) groups is 2. The van der Waals surface area contributed by atoms with Crippen molar-refractivity contribution in [3.63, 3.8) is 0 Å². The van der Waals surface area contributed by atoms with Gasteiger partial charge in [0.2, 0.25) is 0 Å². The molecule has 2 aromatic rings. The van der Waals surface area contributed by atoms with E-state index in [0.29, 0.717) is 11.3 Å². The number of aliphatic hydroxyl groups excluding tert-OH is 1. The van der Waals surface area contributed by atoms with Crippen LogP contribution in [0.5, 0.6) is 5.75 Å². The molecule has 146 valence electrons. The number of nitrogens with zero attached hydrogens (tertiary/aromatic N) is 1. The van der Waals surface area contributed by atoms with Crippen molar-refractivity contribution in [3.8, 4) is 5.75 Å². The second kappa shape index (κ2) is 8.58. The van der Waals surface area contributed by atoms with E-state index in [1.54, 1.807) is 31.4 Å². The summed E-state index contributed by atoms with van der Waals surface area (Å²) in [5.74, 6) is -0.951. The van der Waals surface area contributed by atoms with Crippen molar-refractivity contribution in [1.82, 2.24) is 4.90 Å². The largest absolute Gasteiger partial charge is 0.507 e. The lowest BCUT2D eigenvalue weighted by Gasteiger charge is -2.25. The first-order valence-electron chi connectivity index (χ1n) is 8.65. The van der Waals surface area contributed by atoms with E-state index in [2.05, 4.69) is 15.9 Å². The van der Waals surface area contributed by atoms with E-state index >= 15 is 0 Å². The van der Waals surface area contributed by atoms with Crippen molar-refractivity contribution in [2.45, 2.75) is 6.04 Å². The molecule has 3 rings (SSSR count). The van der Waals surface area contributed by atoms with Crippen LogP contribution >= 0.6 is 15.9 Å². The molecule has 0 aliphatic carbocycles. The van der Waals surface area contributed by atoms with Crippen LogP contribution in [0.1, 0.15) is 17.2 Å². The van der Waals surface area contributed by atoms with Crippen LogP contribution in [-0.4, -0.2) is 49.1 Å². The Morgan fingerprint density at radius 1 is 1.07 bits per heavy atom. The average molecular weight is 446 g/mol. The predicted molar refractivity (Wildman–Crippen MR) is 108 cm³/mol. The quantitative estimate of drug-likeness (QED) is 0.418. The number of ether oxygens (including phenoxy) is 2. The number of amides is 1. The molecule has 2 aromatic carbocycles. The van der Waals surface area contributed by atoms with Crippen LogP contribution in [0.15, 0.2) is 58.6 Å². The van der Waals surface area contributed by atoms with Crippen LogP contribution in [0.2, 0.25) is 0 Å². The Kier molecular flexibility index (Phi) is 6.16. The number of aliphatic hydroxyl groups is 1. The second-order valence-corrected chi connectivity index (χ2v) is 7.18. The van der Waals surface area contributed by atoms with Gasteiger partial charge in [-0.25, -0.2) is 0 Å². The minimum atomic E-state index is -0.711. The smallest absolute Gasteiger partial charge is 0.295 e. The van der Waals surface area contributed by atoms with Crippen LogP contribution in [0, 0.1) is 0 Å². The SMILES string of the molecule is COCCN1C(=O)C(=O)C(=C(O)c2ccc(OC)cc2)C1c1ccc(Br)cc1. The molecular formula is C21H20BrNO5. The van der Waals surface area contributed by atoms with E-state index in [4.69, 9.17) is 9.47 Å². The zero-order valence-electron chi connectivity index (χ0n) is 15.5. The maximum atomic E-state index is 12.8. The Morgan fingerprint density at radius 3 is 2.29 bits per heavy atom. The van der Waals surface area contributed by atoms with Gasteiger partial charge in [0.05, 0.1) is 25.3 Å². The summed E-state index contributed by atoms with van der Waals surface area (Å²) < 4.78 is 11.1. The molecule has 6 nitrogen and oxygen atoms in total. The van der Waals surface area contributed by atoms with Gasteiger partial charge in [0.1, 0.15) is 11.5 Å². The van der Waals surface area contributed by atoms with Crippen molar-refractivity contribution in [1.29, 1.82) is 0 Å². The van der Waals surface area contributed by atoms with E-state index in [0.717, 1.165) is 10.0 Å². The topological polar surface area (TPSA) is 76.1 Å². The Labute approximate surface area is 171 Å². The van der Waals surface area contributed by atoms with Gasteiger partial charge in [0, 0.05) is 23.7 Å². The fourth-order valence-electron chi connectivity index (χ4n) is 3.20. The van der Waals surface area contributed by atoms with E-state index in [9.17, 15) is 14.7 Å². The summed E-state index contributed by atoms with van der Waals surface area (Å²) in [4.78, 5) is 26.9. The zero-order valence-corrected chi connectivity index (χ0v) is 17.1. The van der Waals surface area contributed by atoms with E-state index in [-0.39, 0.29) is 24.5 Å². The number of hydrogen-bond acceptors (Lipinski definition) is 5. The maximum absolute atomic E-state index is 12.8. The third kappa shape index (κ3) is 3.81. The van der Waals surface area contributed by atoms with Gasteiger partial charge in [-0.05, 0) is 42.0 Å². The summed E-state index contributed by atoms with van der Waals surface area (Å²) >= 11 is 3.39. The molecule has 1 aliphatic heterocycles. The number of hydrogen-bond donors (Lipinski definition) is 1. The van der Waals surface area contributed by atoms with Crippen LogP contribution in [0.4, 0.5) is 0 Å². The molecule has 1 amide bonds. The lowest BCUT2D eigenvalue weighted by atomic mass is 9.95. The first kappa shape index (κ1) is 20.1. The molecule has 0 radical (unpaired) electrons. The van der Waals surface area contributed by atoms with Gasteiger partial charge in [-0.1, -0.05) is 28.1 Å². The number of carbonyl (C=O) groups excluding carboxylic acids is 2. The fourth-order valence-corrected chi connectivity index (χ4v) is 3.46. The lowest BCUT2D eigenvalue weighted by molar-refractivity contribution is -0.140. The number of halogens is 1. The average Bonchev–Trinajstić information content (AvgIpc) is 2.97. The summed E-state index contributed by atoms with van der Waals surface area (Å²) in [6, 6.07) is 13.3. The van der Waals surface area contributed by atoms with Crippen molar-refractivity contribution in [2.75, 3.05) is 27.4 Å². The normalized spacial score (nSPS) is 18.5. The lowest BCUT2D eigenvalue weighted by Crippen LogP contribution is -2.32. The third-order valence-electron chi connectivity index (χ3n) is 4.63. The number of Topliss-reactive ketones (excluding diaryl/α,β-unsaturated/α-hetero) is 1. The summed E-state index contributed by atoms with van der Waals surface area (Å²) in [7, 11) is 3.08. The number of rotatable bonds is 6. The van der Waals surface area contributed by atoms with Crippen LogP contribution in [0.25, 0.3) is 5.76 Å². The Morgan fingerprint density at radius 2 is 1.71 bits per heavy atom. The zero-order chi connectivity index (χ0) is 20.3. The standard InChI is InChI=1S/C21H20BrNO5/c1-27-12-11-23-18(13-3-7-15(22)8-4-13)17(20(25)21(23)26)19(24)14-5-9-16(28-2)10-6-14/h3-10,18,24H,11-12H2,1-2H3. The molecule has 0 spiro atoms. The highest BCUT2D eigenvalue weighted by Gasteiger charge is 2.45. The van der Waals surface area contributed by atoms with E-state index in [1.807, 2.05) is 24.3 Å². The Hall–Kier alpha value is -2.64. The van der Waals surface area contributed by atoms with Crippen molar-refractivity contribution in [3.05, 3.63) is 69.7 Å². The monoisotopic (exact) mass is 445 g/mol.